The predicted molar refractivity (Wildman–Crippen MR) is 79.2 cm³/mol. The Morgan fingerprint density at radius 3 is 3.05 bits per heavy atom. The van der Waals surface area contributed by atoms with Gasteiger partial charge in [0.25, 0.3) is 0 Å². The molecule has 1 unspecified atom stereocenters. The van der Waals surface area contributed by atoms with E-state index in [0.29, 0.717) is 17.3 Å². The number of fused-ring (bicyclic) bond motifs is 1. The number of thiophene rings is 1. The van der Waals surface area contributed by atoms with Gasteiger partial charge in [0.1, 0.15) is 6.07 Å². The van der Waals surface area contributed by atoms with Gasteiger partial charge in [0, 0.05) is 10.6 Å². The topological polar surface area (TPSA) is 61.8 Å². The minimum atomic E-state index is 0.363. The van der Waals surface area contributed by atoms with Crippen molar-refractivity contribution >= 4 is 22.7 Å². The van der Waals surface area contributed by atoms with Gasteiger partial charge in [0.2, 0.25) is 0 Å². The SMILES string of the molecule is N#Cc1ccc(NC2CCCc3sccc32)cc1N. The Bertz CT molecular complexity index is 639. The van der Waals surface area contributed by atoms with Crippen molar-refractivity contribution in [3.8, 4) is 6.07 Å². The second-order valence-electron chi connectivity index (χ2n) is 4.80. The normalized spacial score (nSPS) is 17.5. The molecule has 1 heterocycles. The van der Waals surface area contributed by atoms with Crippen molar-refractivity contribution in [2.45, 2.75) is 25.3 Å². The van der Waals surface area contributed by atoms with Gasteiger partial charge in [0.05, 0.1) is 17.3 Å². The van der Waals surface area contributed by atoms with E-state index in [4.69, 9.17) is 11.0 Å². The molecule has 0 amide bonds. The van der Waals surface area contributed by atoms with Gasteiger partial charge >= 0.3 is 0 Å². The lowest BCUT2D eigenvalue weighted by molar-refractivity contribution is 0.609. The van der Waals surface area contributed by atoms with Gasteiger partial charge in [-0.05, 0) is 54.5 Å². The first-order chi connectivity index (χ1) is 9.28. The average molecular weight is 269 g/mol. The molecule has 4 heteroatoms. The van der Waals surface area contributed by atoms with Crippen LogP contribution in [0.2, 0.25) is 0 Å². The van der Waals surface area contributed by atoms with Crippen molar-refractivity contribution in [3.05, 3.63) is 45.6 Å². The predicted octanol–water partition coefficient (Wildman–Crippen LogP) is 3.69. The fourth-order valence-electron chi connectivity index (χ4n) is 2.59. The maximum Gasteiger partial charge on any atom is 0.101 e. The summed E-state index contributed by atoms with van der Waals surface area (Å²) in [5.41, 5.74) is 9.32. The summed E-state index contributed by atoms with van der Waals surface area (Å²) in [6, 6.07) is 10.2. The molecular weight excluding hydrogens is 254 g/mol. The van der Waals surface area contributed by atoms with E-state index in [1.165, 1.54) is 23.3 Å². The van der Waals surface area contributed by atoms with Crippen molar-refractivity contribution in [1.29, 1.82) is 5.26 Å². The molecule has 19 heavy (non-hydrogen) atoms. The van der Waals surface area contributed by atoms with Crippen LogP contribution in [0.4, 0.5) is 11.4 Å². The van der Waals surface area contributed by atoms with Crippen molar-refractivity contribution in [2.24, 2.45) is 0 Å². The lowest BCUT2D eigenvalue weighted by Gasteiger charge is -2.25. The molecule has 0 saturated carbocycles. The number of rotatable bonds is 2. The molecule has 0 saturated heterocycles. The lowest BCUT2D eigenvalue weighted by Crippen LogP contribution is -2.15. The number of nitrogens with zero attached hydrogens (tertiary/aromatic N) is 1. The smallest absolute Gasteiger partial charge is 0.101 e. The Balaban J connectivity index is 1.84. The van der Waals surface area contributed by atoms with Gasteiger partial charge in [0.15, 0.2) is 0 Å². The number of nitrogens with one attached hydrogen (secondary N) is 1. The van der Waals surface area contributed by atoms with Crippen molar-refractivity contribution in [1.82, 2.24) is 0 Å². The Morgan fingerprint density at radius 1 is 1.37 bits per heavy atom. The summed E-state index contributed by atoms with van der Waals surface area (Å²) in [6.07, 6.45) is 3.56. The third kappa shape index (κ3) is 2.29. The van der Waals surface area contributed by atoms with Crippen LogP contribution in [-0.2, 0) is 6.42 Å². The first-order valence-corrected chi connectivity index (χ1v) is 7.28. The van der Waals surface area contributed by atoms with Crippen LogP contribution >= 0.6 is 11.3 Å². The largest absolute Gasteiger partial charge is 0.398 e. The van der Waals surface area contributed by atoms with Gasteiger partial charge in [-0.2, -0.15) is 5.26 Å². The molecule has 1 aliphatic rings. The fourth-order valence-corrected chi connectivity index (χ4v) is 3.58. The molecule has 0 radical (unpaired) electrons. The standard InChI is InChI=1S/C15H15N3S/c16-9-10-4-5-11(8-13(10)17)18-14-2-1-3-15-12(14)6-7-19-15/h4-8,14,18H,1-3,17H2. The van der Waals surface area contributed by atoms with Crippen LogP contribution in [-0.4, -0.2) is 0 Å². The van der Waals surface area contributed by atoms with E-state index in [0.717, 1.165) is 12.1 Å². The van der Waals surface area contributed by atoms with Crippen LogP contribution in [0.25, 0.3) is 0 Å². The quantitative estimate of drug-likeness (QED) is 0.817. The lowest BCUT2D eigenvalue weighted by atomic mass is 9.94. The highest BCUT2D eigenvalue weighted by molar-refractivity contribution is 7.10. The Hall–Kier alpha value is -1.99. The summed E-state index contributed by atoms with van der Waals surface area (Å²) in [4.78, 5) is 1.49. The summed E-state index contributed by atoms with van der Waals surface area (Å²) < 4.78 is 0. The van der Waals surface area contributed by atoms with Crippen LogP contribution in [0.3, 0.4) is 0 Å². The van der Waals surface area contributed by atoms with Gasteiger partial charge in [-0.25, -0.2) is 0 Å². The maximum atomic E-state index is 8.88. The van der Waals surface area contributed by atoms with Crippen LogP contribution in [0.1, 0.15) is 34.9 Å². The van der Waals surface area contributed by atoms with E-state index >= 15 is 0 Å². The number of aryl methyl sites for hydroxylation is 1. The van der Waals surface area contributed by atoms with Gasteiger partial charge < -0.3 is 11.1 Å². The third-order valence-electron chi connectivity index (χ3n) is 3.56. The highest BCUT2D eigenvalue weighted by Gasteiger charge is 2.20. The first kappa shape index (κ1) is 12.1. The molecular formula is C15H15N3S. The minimum Gasteiger partial charge on any atom is -0.398 e. The number of nitriles is 1. The summed E-state index contributed by atoms with van der Waals surface area (Å²) in [5.74, 6) is 0. The van der Waals surface area contributed by atoms with Crippen LogP contribution in [0.5, 0.6) is 0 Å². The van der Waals surface area contributed by atoms with E-state index in [2.05, 4.69) is 22.8 Å². The van der Waals surface area contributed by atoms with Gasteiger partial charge in [-0.1, -0.05) is 0 Å². The molecule has 0 bridgehead atoms. The molecule has 0 fully saturated rings. The van der Waals surface area contributed by atoms with Gasteiger partial charge in [-0.3, -0.25) is 0 Å². The number of nitrogen functional groups attached to an aromatic ring is 1. The van der Waals surface area contributed by atoms with Gasteiger partial charge in [-0.15, -0.1) is 11.3 Å². The summed E-state index contributed by atoms with van der Waals surface area (Å²) in [5, 5.41) is 14.6. The van der Waals surface area contributed by atoms with Crippen LogP contribution in [0, 0.1) is 11.3 Å². The maximum absolute atomic E-state index is 8.88. The molecule has 3 rings (SSSR count). The van der Waals surface area contributed by atoms with Crippen molar-refractivity contribution in [2.75, 3.05) is 11.1 Å². The molecule has 3 N–H and O–H groups in total. The number of benzene rings is 1. The van der Waals surface area contributed by atoms with Crippen molar-refractivity contribution in [3.63, 3.8) is 0 Å². The molecule has 1 aromatic heterocycles. The van der Waals surface area contributed by atoms with Crippen molar-refractivity contribution < 1.29 is 0 Å². The highest BCUT2D eigenvalue weighted by atomic mass is 32.1. The summed E-state index contributed by atoms with van der Waals surface area (Å²) in [6.45, 7) is 0. The van der Waals surface area contributed by atoms with E-state index in [1.54, 1.807) is 6.07 Å². The molecule has 0 spiro atoms. The highest BCUT2D eigenvalue weighted by Crippen LogP contribution is 2.35. The fraction of sp³-hybridized carbons (Fsp3) is 0.267. The van der Waals surface area contributed by atoms with E-state index in [9.17, 15) is 0 Å². The van der Waals surface area contributed by atoms with E-state index in [1.807, 2.05) is 23.5 Å². The summed E-state index contributed by atoms with van der Waals surface area (Å²) >= 11 is 1.84. The zero-order valence-electron chi connectivity index (χ0n) is 10.5. The zero-order chi connectivity index (χ0) is 13.2. The molecule has 1 aliphatic carbocycles. The minimum absolute atomic E-state index is 0.363. The zero-order valence-corrected chi connectivity index (χ0v) is 11.3. The molecule has 1 aromatic carbocycles. The molecule has 96 valence electrons. The molecule has 1 atom stereocenters. The monoisotopic (exact) mass is 269 g/mol. The summed E-state index contributed by atoms with van der Waals surface area (Å²) in [7, 11) is 0. The van der Waals surface area contributed by atoms with Crippen LogP contribution < -0.4 is 11.1 Å². The Labute approximate surface area is 116 Å². The number of nitrogens with two attached hydrogens (primary N) is 1. The first-order valence-electron chi connectivity index (χ1n) is 6.40. The second kappa shape index (κ2) is 4.94. The number of hydrogen-bond acceptors (Lipinski definition) is 4. The van der Waals surface area contributed by atoms with Crippen LogP contribution in [0.15, 0.2) is 29.6 Å². The molecule has 0 aliphatic heterocycles. The second-order valence-corrected chi connectivity index (χ2v) is 5.80. The third-order valence-corrected chi connectivity index (χ3v) is 4.56. The molecule has 3 nitrogen and oxygen atoms in total. The van der Waals surface area contributed by atoms with E-state index in [-0.39, 0.29) is 0 Å². The Kier molecular flexibility index (Phi) is 3.14. The molecule has 2 aromatic rings. The number of hydrogen-bond donors (Lipinski definition) is 2. The number of anilines is 2. The Morgan fingerprint density at radius 2 is 2.26 bits per heavy atom. The van der Waals surface area contributed by atoms with E-state index < -0.39 is 0 Å². The average Bonchev–Trinajstić information content (AvgIpc) is 2.88.